The largest absolute Gasteiger partial charge is 0.492 e. The molecule has 0 bridgehead atoms. The molecule has 5 rings (SSSR count). The summed E-state index contributed by atoms with van der Waals surface area (Å²) >= 11 is 0. The molecule has 3 N–H and O–H groups in total. The van der Waals surface area contributed by atoms with E-state index in [2.05, 4.69) is 10.3 Å². The molecule has 3 atom stereocenters. The minimum absolute atomic E-state index is 0.0120. The van der Waals surface area contributed by atoms with E-state index < -0.39 is 28.8 Å². The van der Waals surface area contributed by atoms with E-state index in [4.69, 9.17) is 4.74 Å². The molecule has 2 aromatic carbocycles. The summed E-state index contributed by atoms with van der Waals surface area (Å²) in [5, 5.41) is 24.7. The van der Waals surface area contributed by atoms with Gasteiger partial charge < -0.3 is 24.8 Å². The second-order valence-corrected chi connectivity index (χ2v) is 10.6. The highest BCUT2D eigenvalue weighted by molar-refractivity contribution is 5.78. The fourth-order valence-corrected chi connectivity index (χ4v) is 5.64. The lowest BCUT2D eigenvalue weighted by molar-refractivity contribution is -0.137. The molecule has 1 saturated heterocycles. The van der Waals surface area contributed by atoms with Gasteiger partial charge in [0.2, 0.25) is 0 Å². The molecule has 6 nitrogen and oxygen atoms in total. The average Bonchev–Trinajstić information content (AvgIpc) is 3.19. The molecule has 194 valence electrons. The lowest BCUT2D eigenvalue weighted by Gasteiger charge is -2.41. The van der Waals surface area contributed by atoms with Crippen molar-refractivity contribution in [2.24, 2.45) is 0 Å². The van der Waals surface area contributed by atoms with Crippen LogP contribution in [-0.2, 0) is 11.8 Å². The van der Waals surface area contributed by atoms with Crippen LogP contribution in [0.5, 0.6) is 5.75 Å². The maximum absolute atomic E-state index is 15.0. The van der Waals surface area contributed by atoms with Crippen LogP contribution in [0.25, 0.3) is 11.0 Å². The molecule has 3 aromatic rings. The molecule has 0 amide bonds. The van der Waals surface area contributed by atoms with Crippen LogP contribution in [0.3, 0.4) is 0 Å². The summed E-state index contributed by atoms with van der Waals surface area (Å²) < 4.78 is 61.4. The normalized spacial score (nSPS) is 30.8. The number of rotatable bonds is 5. The average molecular weight is 508 g/mol. The van der Waals surface area contributed by atoms with Gasteiger partial charge in [0.1, 0.15) is 17.9 Å². The number of alkyl halides is 3. The van der Waals surface area contributed by atoms with Crippen LogP contribution < -0.4 is 10.1 Å². The number of aromatic nitrogens is 2. The summed E-state index contributed by atoms with van der Waals surface area (Å²) in [6, 6.07) is 7.11. The first-order valence-electron chi connectivity index (χ1n) is 12.0. The van der Waals surface area contributed by atoms with Crippen LogP contribution in [0.15, 0.2) is 42.7 Å². The molecule has 0 radical (unpaired) electrons. The molecule has 2 aliphatic rings. The predicted octanol–water partition coefficient (Wildman–Crippen LogP) is 4.69. The number of aliphatic hydroxyl groups is 2. The number of piperidine rings is 1. The second-order valence-electron chi connectivity index (χ2n) is 10.6. The van der Waals surface area contributed by atoms with E-state index in [1.54, 1.807) is 23.9 Å². The van der Waals surface area contributed by atoms with Gasteiger partial charge in [0.25, 0.3) is 0 Å². The summed E-state index contributed by atoms with van der Waals surface area (Å²) in [5.74, 6) is -0.179. The Morgan fingerprint density at radius 2 is 1.81 bits per heavy atom. The van der Waals surface area contributed by atoms with Gasteiger partial charge in [0.05, 0.1) is 28.6 Å². The van der Waals surface area contributed by atoms with E-state index in [0.717, 1.165) is 12.1 Å². The highest BCUT2D eigenvalue weighted by Crippen LogP contribution is 2.43. The van der Waals surface area contributed by atoms with Crippen LogP contribution in [0.1, 0.15) is 56.7 Å². The smallest absolute Gasteiger partial charge is 0.416 e. The summed E-state index contributed by atoms with van der Waals surface area (Å²) in [5.41, 5.74) is -1.60. The van der Waals surface area contributed by atoms with Crippen LogP contribution in [0.2, 0.25) is 0 Å². The number of nitrogens with zero attached hydrogens (tertiary/aromatic N) is 2. The van der Waals surface area contributed by atoms with Crippen molar-refractivity contribution in [2.75, 3.05) is 6.61 Å². The van der Waals surface area contributed by atoms with Gasteiger partial charge in [0.15, 0.2) is 5.82 Å². The van der Waals surface area contributed by atoms with E-state index in [1.807, 2.05) is 6.92 Å². The van der Waals surface area contributed by atoms with Crippen molar-refractivity contribution in [3.8, 4) is 5.75 Å². The topological polar surface area (TPSA) is 79.5 Å². The number of halogens is 4. The first-order valence-corrected chi connectivity index (χ1v) is 12.0. The highest BCUT2D eigenvalue weighted by atomic mass is 19.4. The molecule has 0 spiro atoms. The van der Waals surface area contributed by atoms with Gasteiger partial charge in [0, 0.05) is 30.3 Å². The van der Waals surface area contributed by atoms with E-state index in [-0.39, 0.29) is 31.2 Å². The van der Waals surface area contributed by atoms with Crippen molar-refractivity contribution >= 4 is 11.0 Å². The summed E-state index contributed by atoms with van der Waals surface area (Å²) in [6.45, 7) is 3.77. The van der Waals surface area contributed by atoms with E-state index in [9.17, 15) is 23.4 Å². The molecule has 1 saturated carbocycles. The lowest BCUT2D eigenvalue weighted by atomic mass is 9.77. The number of nitrogens with one attached hydrogen (secondary N) is 1. The lowest BCUT2D eigenvalue weighted by Crippen LogP contribution is -2.53. The monoisotopic (exact) mass is 507 g/mol. The molecule has 2 fully saturated rings. The Kier molecular flexibility index (Phi) is 6.04. The van der Waals surface area contributed by atoms with Crippen LogP contribution in [-0.4, -0.2) is 44.1 Å². The quantitative estimate of drug-likeness (QED) is 0.437. The SMILES string of the molecule is C[C@H]1C[C@@](O)(c2ccc(C(F)(F)F)cc2)C[C@@H](COc2cc(F)c3c(c2)ncn3C2CC(C)(O)C2)N1. The third kappa shape index (κ3) is 4.81. The zero-order valence-electron chi connectivity index (χ0n) is 20.0. The zero-order valence-corrected chi connectivity index (χ0v) is 20.0. The predicted molar refractivity (Wildman–Crippen MR) is 125 cm³/mol. The van der Waals surface area contributed by atoms with Crippen molar-refractivity contribution in [1.29, 1.82) is 0 Å². The minimum atomic E-state index is -4.44. The fourth-order valence-electron chi connectivity index (χ4n) is 5.64. The molecule has 1 aromatic heterocycles. The Morgan fingerprint density at radius 3 is 2.44 bits per heavy atom. The first kappa shape index (κ1) is 25.0. The van der Waals surface area contributed by atoms with Crippen molar-refractivity contribution in [3.05, 3.63) is 59.7 Å². The van der Waals surface area contributed by atoms with Gasteiger partial charge in [-0.25, -0.2) is 9.37 Å². The number of hydrogen-bond acceptors (Lipinski definition) is 5. The molecule has 10 heteroatoms. The van der Waals surface area contributed by atoms with Crippen molar-refractivity contribution < 1.29 is 32.5 Å². The van der Waals surface area contributed by atoms with Crippen LogP contribution in [0, 0.1) is 5.82 Å². The number of benzene rings is 2. The standard InChI is InChI=1S/C26H29F4N3O3/c1-15-9-25(35,16-3-5-17(6-4-16)26(28,29)30)10-18(32-15)13-36-20-7-21(27)23-22(8-20)31-14-33(23)19-11-24(2,34)12-19/h3-8,14-15,18-19,32,34-35H,9-13H2,1-2H3/t15-,18-,19?,24?,25-/m0/s1. The van der Waals surface area contributed by atoms with Crippen LogP contribution in [0.4, 0.5) is 17.6 Å². The summed E-state index contributed by atoms with van der Waals surface area (Å²) in [6.07, 6.45) is -1.24. The number of imidazole rings is 1. The maximum Gasteiger partial charge on any atom is 0.416 e. The van der Waals surface area contributed by atoms with Gasteiger partial charge in [-0.05, 0) is 57.2 Å². The Morgan fingerprint density at radius 1 is 1.11 bits per heavy atom. The van der Waals surface area contributed by atoms with Crippen molar-refractivity contribution in [3.63, 3.8) is 0 Å². The van der Waals surface area contributed by atoms with E-state index >= 15 is 4.39 Å². The highest BCUT2D eigenvalue weighted by Gasteiger charge is 2.41. The fraction of sp³-hybridized carbons (Fsp3) is 0.500. The van der Waals surface area contributed by atoms with Gasteiger partial charge in [-0.1, -0.05) is 12.1 Å². The maximum atomic E-state index is 15.0. The van der Waals surface area contributed by atoms with Crippen molar-refractivity contribution in [2.45, 2.75) is 75.0 Å². The first-order chi connectivity index (χ1) is 16.8. The van der Waals surface area contributed by atoms with E-state index in [1.165, 1.54) is 18.2 Å². The Bertz CT molecular complexity index is 1250. The minimum Gasteiger partial charge on any atom is -0.492 e. The molecule has 2 heterocycles. The third-order valence-electron chi connectivity index (χ3n) is 7.29. The van der Waals surface area contributed by atoms with E-state index in [0.29, 0.717) is 41.6 Å². The molecular formula is C26H29F4N3O3. The zero-order chi connectivity index (χ0) is 25.9. The second kappa shape index (κ2) is 8.71. The summed E-state index contributed by atoms with van der Waals surface area (Å²) in [4.78, 5) is 4.31. The number of hydrogen-bond donors (Lipinski definition) is 3. The molecule has 1 aliphatic carbocycles. The Labute approximate surface area is 205 Å². The number of ether oxygens (including phenoxy) is 1. The van der Waals surface area contributed by atoms with Gasteiger partial charge in [-0.2, -0.15) is 13.2 Å². The molecule has 36 heavy (non-hydrogen) atoms. The number of fused-ring (bicyclic) bond motifs is 1. The van der Waals surface area contributed by atoms with Gasteiger partial charge >= 0.3 is 6.18 Å². The van der Waals surface area contributed by atoms with Gasteiger partial charge in [-0.15, -0.1) is 0 Å². The molecular weight excluding hydrogens is 478 g/mol. The third-order valence-corrected chi connectivity index (χ3v) is 7.29. The Hall–Kier alpha value is -2.69. The van der Waals surface area contributed by atoms with Crippen LogP contribution >= 0.6 is 0 Å². The summed E-state index contributed by atoms with van der Waals surface area (Å²) in [7, 11) is 0. The Balaban J connectivity index is 1.28. The van der Waals surface area contributed by atoms with Gasteiger partial charge in [-0.3, -0.25) is 0 Å². The molecule has 0 unspecified atom stereocenters. The van der Waals surface area contributed by atoms with Crippen molar-refractivity contribution in [1.82, 2.24) is 14.9 Å². The molecule has 1 aliphatic heterocycles.